The van der Waals surface area contributed by atoms with Gasteiger partial charge < -0.3 is 15.0 Å². The number of H-pyrrole nitrogens is 1. The molecule has 0 fully saturated rings. The number of nitrogens with zero attached hydrogens (tertiary/aromatic N) is 2. The van der Waals surface area contributed by atoms with Crippen molar-refractivity contribution >= 4 is 27.8 Å². The number of aromatic amines is 1. The monoisotopic (exact) mass is 350 g/mol. The van der Waals surface area contributed by atoms with Gasteiger partial charge in [-0.1, -0.05) is 12.1 Å². The number of ether oxygens (including phenoxy) is 1. The Morgan fingerprint density at radius 3 is 2.77 bits per heavy atom. The zero-order chi connectivity index (χ0) is 17.9. The molecular weight excluding hydrogens is 331 g/mol. The molecule has 4 rings (SSSR count). The van der Waals surface area contributed by atoms with Crippen LogP contribution in [0.15, 0.2) is 48.8 Å². The minimum Gasteiger partial charge on any atom is -0.494 e. The zero-order valence-electron chi connectivity index (χ0n) is 14.4. The number of nitrogens with one attached hydrogen (secondary N) is 2. The molecule has 0 radical (unpaired) electrons. The molecule has 132 valence electrons. The molecule has 0 amide bonds. The molecular formula is C20H19FN4O. The van der Waals surface area contributed by atoms with Gasteiger partial charge in [0.1, 0.15) is 28.9 Å². The van der Waals surface area contributed by atoms with Crippen LogP contribution >= 0.6 is 0 Å². The molecule has 26 heavy (non-hydrogen) atoms. The second-order valence-corrected chi connectivity index (χ2v) is 6.01. The van der Waals surface area contributed by atoms with Crippen molar-refractivity contribution in [2.45, 2.75) is 13.3 Å². The first kappa shape index (κ1) is 16.3. The van der Waals surface area contributed by atoms with E-state index < -0.39 is 0 Å². The SMILES string of the molecule is CCOc1ccc2[nH]c3c(NCCc4ccc(F)cc4)ncnc3c2c1. The molecule has 0 aliphatic heterocycles. The highest BCUT2D eigenvalue weighted by atomic mass is 19.1. The Morgan fingerprint density at radius 1 is 1.12 bits per heavy atom. The lowest BCUT2D eigenvalue weighted by atomic mass is 10.1. The predicted octanol–water partition coefficient (Wildman–Crippen LogP) is 4.30. The summed E-state index contributed by atoms with van der Waals surface area (Å²) in [5.41, 5.74) is 3.80. The lowest BCUT2D eigenvalue weighted by molar-refractivity contribution is 0.341. The summed E-state index contributed by atoms with van der Waals surface area (Å²) in [5.74, 6) is 1.36. The number of anilines is 1. The van der Waals surface area contributed by atoms with Crippen LogP contribution in [0, 0.1) is 5.82 Å². The molecule has 2 heterocycles. The summed E-state index contributed by atoms with van der Waals surface area (Å²) in [4.78, 5) is 12.2. The van der Waals surface area contributed by atoms with E-state index in [0.717, 1.165) is 45.5 Å². The smallest absolute Gasteiger partial charge is 0.153 e. The van der Waals surface area contributed by atoms with Gasteiger partial charge in [-0.05, 0) is 49.2 Å². The fourth-order valence-electron chi connectivity index (χ4n) is 3.04. The molecule has 6 heteroatoms. The van der Waals surface area contributed by atoms with Crippen LogP contribution in [0.5, 0.6) is 5.75 Å². The van der Waals surface area contributed by atoms with Crippen molar-refractivity contribution in [3.63, 3.8) is 0 Å². The van der Waals surface area contributed by atoms with E-state index in [0.29, 0.717) is 13.2 Å². The maximum atomic E-state index is 13.0. The van der Waals surface area contributed by atoms with Crippen LogP contribution in [0.3, 0.4) is 0 Å². The van der Waals surface area contributed by atoms with E-state index in [4.69, 9.17) is 4.74 Å². The van der Waals surface area contributed by atoms with Crippen molar-refractivity contribution in [2.75, 3.05) is 18.5 Å². The van der Waals surface area contributed by atoms with Gasteiger partial charge in [-0.25, -0.2) is 14.4 Å². The number of aromatic nitrogens is 3. The Hall–Kier alpha value is -3.15. The summed E-state index contributed by atoms with van der Waals surface area (Å²) in [6.45, 7) is 3.28. The van der Waals surface area contributed by atoms with Gasteiger partial charge in [0.15, 0.2) is 5.82 Å². The lowest BCUT2D eigenvalue weighted by Crippen LogP contribution is -2.07. The van der Waals surface area contributed by atoms with Gasteiger partial charge in [0, 0.05) is 17.4 Å². The van der Waals surface area contributed by atoms with Crippen LogP contribution in [-0.2, 0) is 6.42 Å². The van der Waals surface area contributed by atoms with Gasteiger partial charge in [0.05, 0.1) is 6.61 Å². The third kappa shape index (κ3) is 3.18. The average Bonchev–Trinajstić information content (AvgIpc) is 3.03. The van der Waals surface area contributed by atoms with Gasteiger partial charge in [0.25, 0.3) is 0 Å². The highest BCUT2D eigenvalue weighted by Gasteiger charge is 2.11. The molecule has 4 aromatic rings. The Kier molecular flexibility index (Phi) is 4.39. The maximum Gasteiger partial charge on any atom is 0.153 e. The number of hydrogen-bond donors (Lipinski definition) is 2. The van der Waals surface area contributed by atoms with Crippen molar-refractivity contribution in [3.8, 4) is 5.75 Å². The van der Waals surface area contributed by atoms with E-state index in [1.54, 1.807) is 18.5 Å². The second-order valence-electron chi connectivity index (χ2n) is 6.01. The molecule has 0 saturated heterocycles. The van der Waals surface area contributed by atoms with Gasteiger partial charge >= 0.3 is 0 Å². The molecule has 0 saturated carbocycles. The van der Waals surface area contributed by atoms with Crippen molar-refractivity contribution in [2.24, 2.45) is 0 Å². The quantitative estimate of drug-likeness (QED) is 0.544. The highest BCUT2D eigenvalue weighted by Crippen LogP contribution is 2.30. The Bertz CT molecular complexity index is 1040. The fourth-order valence-corrected chi connectivity index (χ4v) is 3.04. The molecule has 0 atom stereocenters. The first-order valence-corrected chi connectivity index (χ1v) is 8.62. The third-order valence-electron chi connectivity index (χ3n) is 4.28. The Labute approximate surface area is 150 Å². The standard InChI is InChI=1S/C20H19FN4O/c1-2-26-15-7-8-17-16(11-15)18-19(25-17)20(24-12-23-18)22-10-9-13-3-5-14(21)6-4-13/h3-8,11-12,25H,2,9-10H2,1H3,(H,22,23,24). The Morgan fingerprint density at radius 2 is 1.96 bits per heavy atom. The van der Waals surface area contributed by atoms with Crippen LogP contribution in [0.1, 0.15) is 12.5 Å². The minimum absolute atomic E-state index is 0.219. The van der Waals surface area contributed by atoms with E-state index in [1.807, 2.05) is 25.1 Å². The van der Waals surface area contributed by atoms with Gasteiger partial charge in [-0.15, -0.1) is 0 Å². The van der Waals surface area contributed by atoms with Crippen LogP contribution in [0.2, 0.25) is 0 Å². The molecule has 2 aromatic heterocycles. The third-order valence-corrected chi connectivity index (χ3v) is 4.28. The normalized spacial score (nSPS) is 11.2. The molecule has 5 nitrogen and oxygen atoms in total. The summed E-state index contributed by atoms with van der Waals surface area (Å²) in [5, 5.41) is 4.35. The van der Waals surface area contributed by atoms with E-state index in [9.17, 15) is 4.39 Å². The summed E-state index contributed by atoms with van der Waals surface area (Å²) < 4.78 is 18.6. The zero-order valence-corrected chi connectivity index (χ0v) is 14.4. The molecule has 2 aromatic carbocycles. The van der Waals surface area contributed by atoms with Crippen molar-refractivity contribution in [3.05, 3.63) is 60.2 Å². The molecule has 0 bridgehead atoms. The molecule has 0 spiro atoms. The van der Waals surface area contributed by atoms with Crippen LogP contribution in [0.4, 0.5) is 10.2 Å². The first-order valence-electron chi connectivity index (χ1n) is 8.62. The van der Waals surface area contributed by atoms with Crippen LogP contribution in [0.25, 0.3) is 21.9 Å². The number of hydrogen-bond acceptors (Lipinski definition) is 4. The largest absolute Gasteiger partial charge is 0.494 e. The van der Waals surface area contributed by atoms with Gasteiger partial charge in [-0.2, -0.15) is 0 Å². The highest BCUT2D eigenvalue weighted by molar-refractivity contribution is 6.08. The summed E-state index contributed by atoms with van der Waals surface area (Å²) in [6.07, 6.45) is 2.34. The van der Waals surface area contributed by atoms with Crippen LogP contribution < -0.4 is 10.1 Å². The first-order chi connectivity index (χ1) is 12.7. The van der Waals surface area contributed by atoms with Crippen molar-refractivity contribution in [1.82, 2.24) is 15.0 Å². The topological polar surface area (TPSA) is 62.8 Å². The Balaban J connectivity index is 1.59. The summed E-state index contributed by atoms with van der Waals surface area (Å²) >= 11 is 0. The molecule has 0 aliphatic carbocycles. The van der Waals surface area contributed by atoms with Crippen LogP contribution in [-0.4, -0.2) is 28.1 Å². The van der Waals surface area contributed by atoms with Gasteiger partial charge in [0.2, 0.25) is 0 Å². The van der Waals surface area contributed by atoms with E-state index >= 15 is 0 Å². The number of fused-ring (bicyclic) bond motifs is 3. The molecule has 0 aliphatic rings. The molecule has 2 N–H and O–H groups in total. The van der Waals surface area contributed by atoms with E-state index in [1.165, 1.54) is 12.1 Å². The van der Waals surface area contributed by atoms with E-state index in [2.05, 4.69) is 20.3 Å². The summed E-state index contributed by atoms with van der Waals surface area (Å²) in [7, 11) is 0. The van der Waals surface area contributed by atoms with Gasteiger partial charge in [-0.3, -0.25) is 0 Å². The predicted molar refractivity (Wildman–Crippen MR) is 101 cm³/mol. The lowest BCUT2D eigenvalue weighted by Gasteiger charge is -2.06. The number of benzene rings is 2. The number of halogens is 1. The average molecular weight is 350 g/mol. The maximum absolute atomic E-state index is 13.0. The summed E-state index contributed by atoms with van der Waals surface area (Å²) in [6, 6.07) is 12.5. The minimum atomic E-state index is -0.219. The molecule has 0 unspecified atom stereocenters. The van der Waals surface area contributed by atoms with Crippen molar-refractivity contribution in [1.29, 1.82) is 0 Å². The van der Waals surface area contributed by atoms with E-state index in [-0.39, 0.29) is 5.82 Å². The fraction of sp³-hybridized carbons (Fsp3) is 0.200. The van der Waals surface area contributed by atoms with Crippen molar-refractivity contribution < 1.29 is 9.13 Å². The number of rotatable bonds is 6. The second kappa shape index (κ2) is 7.00.